The topological polar surface area (TPSA) is 111 Å². The van der Waals surface area contributed by atoms with Crippen LogP contribution >= 0.6 is 0 Å². The second-order valence-electron chi connectivity index (χ2n) is 7.63. The zero-order chi connectivity index (χ0) is 21.7. The SMILES string of the molecule is COc1c(C23CCCC(=O)C2(C(=O)Nc2ccnc(C(N)=O)c2)C3)ccc(F)c1F. The first-order valence-electron chi connectivity index (χ1n) is 9.40. The number of primary amides is 1. The van der Waals surface area contributed by atoms with Gasteiger partial charge < -0.3 is 15.8 Å². The zero-order valence-electron chi connectivity index (χ0n) is 16.1. The van der Waals surface area contributed by atoms with Crippen LogP contribution in [0.2, 0.25) is 0 Å². The van der Waals surface area contributed by atoms with Crippen LogP contribution in [0.3, 0.4) is 0 Å². The number of fused-ring (bicyclic) bond motifs is 1. The van der Waals surface area contributed by atoms with E-state index in [1.54, 1.807) is 0 Å². The van der Waals surface area contributed by atoms with E-state index in [4.69, 9.17) is 10.5 Å². The number of Topliss-reactive ketones (excluding diaryl/α,β-unsaturated/α-hetero) is 1. The van der Waals surface area contributed by atoms with Crippen LogP contribution in [-0.2, 0) is 15.0 Å². The molecule has 2 fully saturated rings. The minimum Gasteiger partial charge on any atom is -0.493 e. The summed E-state index contributed by atoms with van der Waals surface area (Å²) >= 11 is 0. The summed E-state index contributed by atoms with van der Waals surface area (Å²) in [4.78, 5) is 41.4. The van der Waals surface area contributed by atoms with Crippen LogP contribution < -0.4 is 15.8 Å². The average molecular weight is 415 g/mol. The van der Waals surface area contributed by atoms with Gasteiger partial charge in [0, 0.05) is 29.3 Å². The Kier molecular flexibility index (Phi) is 4.56. The molecule has 4 rings (SSSR count). The molecule has 7 nitrogen and oxygen atoms in total. The summed E-state index contributed by atoms with van der Waals surface area (Å²) in [5.41, 5.74) is 3.35. The van der Waals surface area contributed by atoms with Crippen LogP contribution in [-0.4, -0.2) is 29.7 Å². The van der Waals surface area contributed by atoms with Gasteiger partial charge in [-0.2, -0.15) is 4.39 Å². The Hall–Kier alpha value is -3.36. The number of nitrogens with two attached hydrogens (primary N) is 1. The number of aromatic nitrogens is 1. The molecule has 2 aliphatic rings. The number of ether oxygens (including phenoxy) is 1. The summed E-state index contributed by atoms with van der Waals surface area (Å²) in [6.45, 7) is 0. The van der Waals surface area contributed by atoms with Gasteiger partial charge in [0.1, 0.15) is 16.9 Å². The number of nitrogens with zero attached hydrogens (tertiary/aromatic N) is 1. The van der Waals surface area contributed by atoms with Gasteiger partial charge in [0.2, 0.25) is 11.7 Å². The molecule has 0 bridgehead atoms. The highest BCUT2D eigenvalue weighted by molar-refractivity contribution is 6.17. The van der Waals surface area contributed by atoms with E-state index in [1.165, 1.54) is 31.5 Å². The molecule has 9 heteroatoms. The van der Waals surface area contributed by atoms with Gasteiger partial charge in [-0.1, -0.05) is 6.07 Å². The van der Waals surface area contributed by atoms with Gasteiger partial charge in [-0.3, -0.25) is 19.4 Å². The fourth-order valence-electron chi connectivity index (χ4n) is 4.71. The second kappa shape index (κ2) is 6.86. The van der Waals surface area contributed by atoms with Crippen molar-refractivity contribution in [3.8, 4) is 5.75 Å². The number of carbonyl (C=O) groups excluding carboxylic acids is 3. The number of nitrogens with one attached hydrogen (secondary N) is 1. The number of rotatable bonds is 5. The van der Waals surface area contributed by atoms with E-state index >= 15 is 0 Å². The lowest BCUT2D eigenvalue weighted by molar-refractivity contribution is -0.135. The largest absolute Gasteiger partial charge is 0.493 e. The van der Waals surface area contributed by atoms with E-state index in [0.717, 1.165) is 6.07 Å². The molecule has 1 aromatic heterocycles. The van der Waals surface area contributed by atoms with Crippen molar-refractivity contribution in [3.05, 3.63) is 53.4 Å². The first-order valence-corrected chi connectivity index (χ1v) is 9.40. The minimum absolute atomic E-state index is 0.0374. The molecule has 30 heavy (non-hydrogen) atoms. The third-order valence-corrected chi connectivity index (χ3v) is 6.17. The van der Waals surface area contributed by atoms with Crippen molar-refractivity contribution in [2.45, 2.75) is 31.1 Å². The summed E-state index contributed by atoms with van der Waals surface area (Å²) in [5, 5.41) is 2.66. The normalized spacial score (nSPS) is 24.7. The fraction of sp³-hybridized carbons (Fsp3) is 0.333. The monoisotopic (exact) mass is 415 g/mol. The van der Waals surface area contributed by atoms with Crippen LogP contribution in [0.4, 0.5) is 14.5 Å². The van der Waals surface area contributed by atoms with Crippen LogP contribution in [0.15, 0.2) is 30.5 Å². The number of hydrogen-bond acceptors (Lipinski definition) is 5. The van der Waals surface area contributed by atoms with Crippen molar-refractivity contribution in [2.75, 3.05) is 12.4 Å². The summed E-state index contributed by atoms with van der Waals surface area (Å²) in [6, 6.07) is 5.13. The third-order valence-electron chi connectivity index (χ3n) is 6.17. The molecule has 0 spiro atoms. The number of anilines is 1. The van der Waals surface area contributed by atoms with Crippen molar-refractivity contribution in [2.24, 2.45) is 11.1 Å². The Morgan fingerprint density at radius 2 is 2.03 bits per heavy atom. The molecular weight excluding hydrogens is 396 g/mol. The van der Waals surface area contributed by atoms with E-state index in [2.05, 4.69) is 10.3 Å². The lowest BCUT2D eigenvalue weighted by Crippen LogP contribution is -2.41. The number of pyridine rings is 1. The van der Waals surface area contributed by atoms with Gasteiger partial charge in [0.25, 0.3) is 5.91 Å². The summed E-state index contributed by atoms with van der Waals surface area (Å²) in [7, 11) is 1.22. The minimum atomic E-state index is -1.42. The summed E-state index contributed by atoms with van der Waals surface area (Å²) in [6.07, 6.45) is 2.67. The molecule has 0 radical (unpaired) electrons. The number of ketones is 1. The Morgan fingerprint density at radius 1 is 1.27 bits per heavy atom. The first kappa shape index (κ1) is 19.9. The maximum Gasteiger partial charge on any atom is 0.267 e. The maximum atomic E-state index is 14.4. The summed E-state index contributed by atoms with van der Waals surface area (Å²) < 4.78 is 33.2. The Labute approximate surface area is 170 Å². The van der Waals surface area contributed by atoms with Gasteiger partial charge in [-0.15, -0.1) is 0 Å². The lowest BCUT2D eigenvalue weighted by atomic mass is 9.73. The number of amides is 2. The number of halogens is 2. The molecule has 2 saturated carbocycles. The van der Waals surface area contributed by atoms with E-state index in [0.29, 0.717) is 18.4 Å². The number of hydrogen-bond donors (Lipinski definition) is 2. The van der Waals surface area contributed by atoms with Crippen molar-refractivity contribution in [3.63, 3.8) is 0 Å². The second-order valence-corrected chi connectivity index (χ2v) is 7.63. The standard InChI is InChI=1S/C21H19F2N3O4/c1-30-17-12(4-5-13(22)16(17)23)20-7-2-3-15(27)21(20,10-20)19(29)26-11-6-8-25-14(9-11)18(24)28/h4-6,8-9H,2-3,7,10H2,1H3,(H2,24,28)(H,25,26,29). The number of benzene rings is 1. The molecule has 1 heterocycles. The molecule has 2 aliphatic carbocycles. The van der Waals surface area contributed by atoms with Gasteiger partial charge in [-0.05, 0) is 37.5 Å². The highest BCUT2D eigenvalue weighted by atomic mass is 19.2. The van der Waals surface area contributed by atoms with Crippen LogP contribution in [0, 0.1) is 17.0 Å². The van der Waals surface area contributed by atoms with Crippen molar-refractivity contribution in [1.29, 1.82) is 0 Å². The smallest absolute Gasteiger partial charge is 0.267 e. The molecule has 0 aliphatic heterocycles. The lowest BCUT2D eigenvalue weighted by Gasteiger charge is -2.30. The van der Waals surface area contributed by atoms with Gasteiger partial charge >= 0.3 is 0 Å². The molecule has 1 aromatic carbocycles. The molecule has 2 amide bonds. The quantitative estimate of drug-likeness (QED) is 0.729. The van der Waals surface area contributed by atoms with Gasteiger partial charge in [-0.25, -0.2) is 4.39 Å². The van der Waals surface area contributed by atoms with E-state index in [-0.39, 0.29) is 35.8 Å². The van der Waals surface area contributed by atoms with Crippen molar-refractivity contribution < 1.29 is 27.9 Å². The molecule has 2 aromatic rings. The van der Waals surface area contributed by atoms with Gasteiger partial charge in [0.15, 0.2) is 11.6 Å². The number of methoxy groups -OCH3 is 1. The highest BCUT2D eigenvalue weighted by Gasteiger charge is 2.77. The van der Waals surface area contributed by atoms with Crippen molar-refractivity contribution in [1.82, 2.24) is 4.98 Å². The van der Waals surface area contributed by atoms with E-state index < -0.39 is 34.3 Å². The first-order chi connectivity index (χ1) is 14.3. The van der Waals surface area contributed by atoms with E-state index in [1.807, 2.05) is 0 Å². The maximum absolute atomic E-state index is 14.4. The number of carbonyl (C=O) groups is 3. The molecule has 0 saturated heterocycles. The van der Waals surface area contributed by atoms with E-state index in [9.17, 15) is 23.2 Å². The van der Waals surface area contributed by atoms with Crippen LogP contribution in [0.25, 0.3) is 0 Å². The predicted molar refractivity (Wildman–Crippen MR) is 102 cm³/mol. The average Bonchev–Trinajstić information content (AvgIpc) is 3.43. The molecule has 156 valence electrons. The molecule has 3 N–H and O–H groups in total. The Bertz CT molecular complexity index is 1090. The fourth-order valence-corrected chi connectivity index (χ4v) is 4.71. The predicted octanol–water partition coefficient (Wildman–Crippen LogP) is 2.49. The summed E-state index contributed by atoms with van der Waals surface area (Å²) in [5.74, 6) is -4.10. The van der Waals surface area contributed by atoms with Crippen molar-refractivity contribution >= 4 is 23.3 Å². The molecule has 2 atom stereocenters. The molecule has 2 unspecified atom stereocenters. The third kappa shape index (κ3) is 2.68. The highest BCUT2D eigenvalue weighted by Crippen LogP contribution is 2.72. The van der Waals surface area contributed by atoms with Crippen LogP contribution in [0.1, 0.15) is 41.7 Å². The van der Waals surface area contributed by atoms with Crippen LogP contribution in [0.5, 0.6) is 5.75 Å². The Morgan fingerprint density at radius 3 is 2.73 bits per heavy atom. The Balaban J connectivity index is 1.74. The van der Waals surface area contributed by atoms with Gasteiger partial charge in [0.05, 0.1) is 7.11 Å². The molecular formula is C21H19F2N3O4. The zero-order valence-corrected chi connectivity index (χ0v) is 16.1.